The Morgan fingerprint density at radius 3 is 2.84 bits per heavy atom. The molecular weight excluding hydrogens is 395 g/mol. The van der Waals surface area contributed by atoms with E-state index in [0.717, 1.165) is 49.3 Å². The third-order valence-electron chi connectivity index (χ3n) is 7.03. The van der Waals surface area contributed by atoms with Crippen LogP contribution in [0, 0.1) is 17.8 Å². The van der Waals surface area contributed by atoms with E-state index in [1.54, 1.807) is 19.4 Å². The quantitative estimate of drug-likeness (QED) is 0.560. The number of ether oxygens (including phenoxy) is 1. The van der Waals surface area contributed by atoms with E-state index in [4.69, 9.17) is 4.74 Å². The smallest absolute Gasteiger partial charge is 0.303 e. The molecule has 2 aliphatic rings. The Bertz CT molecular complexity index is 901. The van der Waals surface area contributed by atoms with Gasteiger partial charge >= 0.3 is 5.97 Å². The van der Waals surface area contributed by atoms with Gasteiger partial charge in [-0.2, -0.15) is 0 Å². The molecule has 0 spiro atoms. The van der Waals surface area contributed by atoms with Crippen LogP contribution in [0.3, 0.4) is 0 Å². The molecule has 3 atom stereocenters. The zero-order chi connectivity index (χ0) is 21.8. The summed E-state index contributed by atoms with van der Waals surface area (Å²) < 4.78 is 20.7. The molecule has 0 bridgehead atoms. The average molecular weight is 429 g/mol. The van der Waals surface area contributed by atoms with Gasteiger partial charge in [0.15, 0.2) is 0 Å². The van der Waals surface area contributed by atoms with Gasteiger partial charge in [0.05, 0.1) is 12.6 Å². The zero-order valence-electron chi connectivity index (χ0n) is 18.3. The molecule has 1 saturated carbocycles. The fraction of sp³-hybridized carbons (Fsp3) is 0.600. The van der Waals surface area contributed by atoms with Gasteiger partial charge in [0.1, 0.15) is 11.9 Å². The number of carboxylic acids is 1. The van der Waals surface area contributed by atoms with E-state index >= 15 is 4.39 Å². The van der Waals surface area contributed by atoms with Gasteiger partial charge in [-0.05, 0) is 92.7 Å². The monoisotopic (exact) mass is 428 g/mol. The summed E-state index contributed by atoms with van der Waals surface area (Å²) in [6.07, 6.45) is 6.42. The maximum absolute atomic E-state index is 15.4. The number of piperidine rings is 1. The number of carboxylic acid groups (broad SMARTS) is 1. The van der Waals surface area contributed by atoms with Crippen LogP contribution in [0.5, 0.6) is 5.75 Å². The molecule has 1 aromatic carbocycles. The molecule has 1 aliphatic carbocycles. The fourth-order valence-electron chi connectivity index (χ4n) is 5.07. The molecule has 168 valence electrons. The highest BCUT2D eigenvalue weighted by Crippen LogP contribution is 2.38. The number of methoxy groups -OCH3 is 1. The van der Waals surface area contributed by atoms with E-state index in [0.29, 0.717) is 36.0 Å². The fourth-order valence-corrected chi connectivity index (χ4v) is 5.07. The Morgan fingerprint density at radius 1 is 1.26 bits per heavy atom. The van der Waals surface area contributed by atoms with E-state index in [2.05, 4.69) is 9.88 Å². The lowest BCUT2D eigenvalue weighted by Gasteiger charge is -2.39. The van der Waals surface area contributed by atoms with Gasteiger partial charge < -0.3 is 14.7 Å². The van der Waals surface area contributed by atoms with Crippen LogP contribution >= 0.6 is 0 Å². The number of halogens is 1. The summed E-state index contributed by atoms with van der Waals surface area (Å²) in [5, 5.41) is 9.97. The van der Waals surface area contributed by atoms with Gasteiger partial charge in [-0.15, -0.1) is 0 Å². The summed E-state index contributed by atoms with van der Waals surface area (Å²) >= 11 is 0. The molecular formula is C25H33FN2O3. The molecule has 1 N–H and O–H groups in total. The van der Waals surface area contributed by atoms with Crippen LogP contribution in [0.1, 0.15) is 56.7 Å². The summed E-state index contributed by atoms with van der Waals surface area (Å²) in [5.41, 5.74) is 1.44. The summed E-state index contributed by atoms with van der Waals surface area (Å²) in [5.74, 6) is 1.52. The number of aromatic nitrogens is 1. The number of likely N-dealkylation sites (tertiary alicyclic amines) is 1. The number of aliphatic carboxylic acids is 1. The minimum Gasteiger partial charge on any atom is -0.497 e. The Kier molecular flexibility index (Phi) is 7.06. The largest absolute Gasteiger partial charge is 0.497 e. The molecule has 2 heterocycles. The first kappa shape index (κ1) is 22.0. The predicted molar refractivity (Wildman–Crippen MR) is 119 cm³/mol. The first-order chi connectivity index (χ1) is 15.0. The van der Waals surface area contributed by atoms with Gasteiger partial charge in [-0.3, -0.25) is 9.78 Å². The topological polar surface area (TPSA) is 62.7 Å². The van der Waals surface area contributed by atoms with Gasteiger partial charge in [0.2, 0.25) is 0 Å². The van der Waals surface area contributed by atoms with Crippen LogP contribution < -0.4 is 4.74 Å². The number of nitrogens with zero attached hydrogens (tertiary/aromatic N) is 2. The van der Waals surface area contributed by atoms with Gasteiger partial charge in [0.25, 0.3) is 0 Å². The first-order valence-electron chi connectivity index (χ1n) is 11.5. The lowest BCUT2D eigenvalue weighted by molar-refractivity contribution is -0.137. The summed E-state index contributed by atoms with van der Waals surface area (Å²) in [6, 6.07) is 7.33. The summed E-state index contributed by atoms with van der Waals surface area (Å²) in [4.78, 5) is 18.0. The van der Waals surface area contributed by atoms with Crippen molar-refractivity contribution in [2.75, 3.05) is 26.7 Å². The van der Waals surface area contributed by atoms with Crippen LogP contribution in [0.25, 0.3) is 10.9 Å². The average Bonchev–Trinajstić information content (AvgIpc) is 3.59. The van der Waals surface area contributed by atoms with E-state index in [9.17, 15) is 9.90 Å². The molecule has 2 aromatic rings. The van der Waals surface area contributed by atoms with Crippen molar-refractivity contribution in [2.24, 2.45) is 17.8 Å². The minimum atomic E-state index is -1.07. The minimum absolute atomic E-state index is 0.201. The van der Waals surface area contributed by atoms with Crippen molar-refractivity contribution >= 4 is 16.9 Å². The SMILES string of the molecule is COc1ccc2nccc([C@H](F)CC[C@@H]3CCN(CC4CC4)C[C@H]3CCC(=O)O)c2c1. The highest BCUT2D eigenvalue weighted by atomic mass is 19.1. The van der Waals surface area contributed by atoms with Crippen molar-refractivity contribution < 1.29 is 19.0 Å². The summed E-state index contributed by atoms with van der Waals surface area (Å²) in [7, 11) is 1.61. The third kappa shape index (κ3) is 5.73. The standard InChI is InChI=1S/C25H33FN2O3/c1-31-20-6-8-24-22(14-20)21(10-12-27-24)23(26)7-4-18-11-13-28(15-17-2-3-17)16-19(18)5-9-25(29)30/h6,8,10,12,14,17-19,23H,2-5,7,9,11,13,15-16H2,1H3,(H,29,30)/t18-,19-,23-/m1/s1. The number of benzene rings is 1. The number of rotatable bonds is 10. The lowest BCUT2D eigenvalue weighted by atomic mass is 9.79. The van der Waals surface area contributed by atoms with Crippen LogP contribution in [0.2, 0.25) is 0 Å². The van der Waals surface area contributed by atoms with Gasteiger partial charge in [-0.1, -0.05) is 0 Å². The van der Waals surface area contributed by atoms with Crippen LogP contribution in [-0.2, 0) is 4.79 Å². The summed E-state index contributed by atoms with van der Waals surface area (Å²) in [6.45, 7) is 3.16. The molecule has 2 fully saturated rings. The second-order valence-electron chi connectivity index (χ2n) is 9.27. The number of carbonyl (C=O) groups is 1. The van der Waals surface area contributed by atoms with Crippen molar-refractivity contribution in [3.8, 4) is 5.75 Å². The van der Waals surface area contributed by atoms with E-state index in [1.165, 1.54) is 12.8 Å². The molecule has 1 aromatic heterocycles. The maximum Gasteiger partial charge on any atom is 0.303 e. The highest BCUT2D eigenvalue weighted by molar-refractivity contribution is 5.83. The molecule has 1 saturated heterocycles. The predicted octanol–water partition coefficient (Wildman–Crippen LogP) is 5.25. The molecule has 31 heavy (non-hydrogen) atoms. The van der Waals surface area contributed by atoms with E-state index in [-0.39, 0.29) is 6.42 Å². The van der Waals surface area contributed by atoms with E-state index < -0.39 is 12.1 Å². The van der Waals surface area contributed by atoms with Crippen LogP contribution in [0.4, 0.5) is 4.39 Å². The Morgan fingerprint density at radius 2 is 2.10 bits per heavy atom. The molecule has 5 nitrogen and oxygen atoms in total. The van der Waals surface area contributed by atoms with Crippen molar-refractivity contribution in [1.82, 2.24) is 9.88 Å². The molecule has 6 heteroatoms. The molecule has 0 amide bonds. The van der Waals surface area contributed by atoms with Crippen molar-refractivity contribution in [3.63, 3.8) is 0 Å². The maximum atomic E-state index is 15.4. The van der Waals surface area contributed by atoms with Crippen LogP contribution in [0.15, 0.2) is 30.5 Å². The van der Waals surface area contributed by atoms with Crippen molar-refractivity contribution in [2.45, 2.75) is 51.1 Å². The molecule has 1 aliphatic heterocycles. The Labute approximate surface area is 183 Å². The van der Waals surface area contributed by atoms with Crippen molar-refractivity contribution in [1.29, 1.82) is 0 Å². The lowest BCUT2D eigenvalue weighted by Crippen LogP contribution is -2.41. The normalized spacial score (nSPS) is 23.0. The highest BCUT2D eigenvalue weighted by Gasteiger charge is 2.33. The van der Waals surface area contributed by atoms with Crippen molar-refractivity contribution in [3.05, 3.63) is 36.0 Å². The van der Waals surface area contributed by atoms with Crippen LogP contribution in [-0.4, -0.2) is 47.7 Å². The van der Waals surface area contributed by atoms with E-state index in [1.807, 2.05) is 18.2 Å². The number of hydrogen-bond donors (Lipinski definition) is 1. The molecule has 0 unspecified atom stereocenters. The molecule has 0 radical (unpaired) electrons. The zero-order valence-corrected chi connectivity index (χ0v) is 18.3. The van der Waals surface area contributed by atoms with Gasteiger partial charge in [0, 0.05) is 31.1 Å². The molecule has 4 rings (SSSR count). The second kappa shape index (κ2) is 9.94. The van der Waals surface area contributed by atoms with Gasteiger partial charge in [-0.25, -0.2) is 4.39 Å². The Balaban J connectivity index is 1.41. The number of alkyl halides is 1. The number of hydrogen-bond acceptors (Lipinski definition) is 4. The Hall–Kier alpha value is -2.21. The number of fused-ring (bicyclic) bond motifs is 1. The number of pyridine rings is 1. The third-order valence-corrected chi connectivity index (χ3v) is 7.03. The first-order valence-corrected chi connectivity index (χ1v) is 11.5. The second-order valence-corrected chi connectivity index (χ2v) is 9.27.